The zero-order valence-corrected chi connectivity index (χ0v) is 13.5. The summed E-state index contributed by atoms with van der Waals surface area (Å²) in [6.07, 6.45) is 1.54. The maximum absolute atomic E-state index is 13.2. The van der Waals surface area contributed by atoms with Gasteiger partial charge in [0.15, 0.2) is 11.6 Å². The standard InChI is InChI=1S/C17H16FN3O3/c1-10-9-11(18)6-7-12(10)20-15(22)17(2)16(23)21(3)14-13(24-17)5-4-8-19-14/h4-9H,1-3H3,(H,20,22). The number of fused-ring (bicyclic) bond motifs is 1. The lowest BCUT2D eigenvalue weighted by Crippen LogP contribution is -2.60. The first kappa shape index (κ1) is 15.9. The van der Waals surface area contributed by atoms with Crippen LogP contribution in [0.5, 0.6) is 5.75 Å². The number of aryl methyl sites for hydroxylation is 1. The second-order valence-corrected chi connectivity index (χ2v) is 5.74. The summed E-state index contributed by atoms with van der Waals surface area (Å²) in [6.45, 7) is 3.06. The van der Waals surface area contributed by atoms with Gasteiger partial charge in [0.25, 0.3) is 17.4 Å². The Balaban J connectivity index is 1.93. The van der Waals surface area contributed by atoms with Crippen molar-refractivity contribution in [2.75, 3.05) is 17.3 Å². The number of likely N-dealkylation sites (N-methyl/N-ethyl adjacent to an activating group) is 1. The van der Waals surface area contributed by atoms with Gasteiger partial charge in [0, 0.05) is 18.9 Å². The highest BCUT2D eigenvalue weighted by Gasteiger charge is 2.50. The van der Waals surface area contributed by atoms with Crippen LogP contribution in [-0.4, -0.2) is 29.4 Å². The van der Waals surface area contributed by atoms with E-state index in [9.17, 15) is 14.0 Å². The first-order valence-electron chi connectivity index (χ1n) is 7.33. The molecule has 124 valence electrons. The van der Waals surface area contributed by atoms with Crippen LogP contribution in [0.2, 0.25) is 0 Å². The van der Waals surface area contributed by atoms with Gasteiger partial charge in [-0.1, -0.05) is 0 Å². The van der Waals surface area contributed by atoms with E-state index >= 15 is 0 Å². The fraction of sp³-hybridized carbons (Fsp3) is 0.235. The number of rotatable bonds is 2. The average Bonchev–Trinajstić information content (AvgIpc) is 2.55. The predicted molar refractivity (Wildman–Crippen MR) is 86.4 cm³/mol. The van der Waals surface area contributed by atoms with E-state index < -0.39 is 23.2 Å². The van der Waals surface area contributed by atoms with Crippen LogP contribution in [0, 0.1) is 12.7 Å². The van der Waals surface area contributed by atoms with Crippen LogP contribution in [0.1, 0.15) is 12.5 Å². The summed E-state index contributed by atoms with van der Waals surface area (Å²) in [5, 5.41) is 2.63. The number of anilines is 2. The van der Waals surface area contributed by atoms with Crippen LogP contribution in [-0.2, 0) is 9.59 Å². The lowest BCUT2D eigenvalue weighted by atomic mass is 10.0. The van der Waals surface area contributed by atoms with E-state index in [2.05, 4.69) is 10.3 Å². The van der Waals surface area contributed by atoms with Crippen LogP contribution in [0.4, 0.5) is 15.9 Å². The fourth-order valence-corrected chi connectivity index (χ4v) is 2.55. The number of benzene rings is 1. The van der Waals surface area contributed by atoms with Crippen molar-refractivity contribution in [3.8, 4) is 5.75 Å². The number of nitrogens with one attached hydrogen (secondary N) is 1. The zero-order chi connectivity index (χ0) is 17.5. The van der Waals surface area contributed by atoms with Crippen molar-refractivity contribution in [3.05, 3.63) is 47.9 Å². The minimum absolute atomic E-state index is 0.341. The Labute approximate surface area is 138 Å². The Bertz CT molecular complexity index is 840. The molecule has 1 aliphatic heterocycles. The highest BCUT2D eigenvalue weighted by molar-refractivity contribution is 6.19. The summed E-state index contributed by atoms with van der Waals surface area (Å²) in [5.41, 5.74) is -0.782. The second-order valence-electron chi connectivity index (χ2n) is 5.74. The van der Waals surface area contributed by atoms with E-state index in [1.165, 1.54) is 43.3 Å². The van der Waals surface area contributed by atoms with Gasteiger partial charge >= 0.3 is 0 Å². The molecule has 2 heterocycles. The summed E-state index contributed by atoms with van der Waals surface area (Å²) in [6, 6.07) is 7.27. The molecule has 0 spiro atoms. The number of aromatic nitrogens is 1. The molecule has 1 unspecified atom stereocenters. The summed E-state index contributed by atoms with van der Waals surface area (Å²) < 4.78 is 18.8. The van der Waals surface area contributed by atoms with E-state index in [-0.39, 0.29) is 0 Å². The highest BCUT2D eigenvalue weighted by Crippen LogP contribution is 2.35. The molecule has 3 rings (SSSR count). The van der Waals surface area contributed by atoms with Gasteiger partial charge in [-0.3, -0.25) is 14.5 Å². The maximum Gasteiger partial charge on any atom is 0.281 e. The Kier molecular flexibility index (Phi) is 3.71. The first-order chi connectivity index (χ1) is 11.3. The summed E-state index contributed by atoms with van der Waals surface area (Å²) in [5.74, 6) is -0.880. The molecule has 24 heavy (non-hydrogen) atoms. The summed E-state index contributed by atoms with van der Waals surface area (Å²) >= 11 is 0. The smallest absolute Gasteiger partial charge is 0.281 e. The Morgan fingerprint density at radius 2 is 2.12 bits per heavy atom. The van der Waals surface area contributed by atoms with Gasteiger partial charge in [-0.05, 0) is 49.7 Å². The van der Waals surface area contributed by atoms with Crippen molar-refractivity contribution >= 4 is 23.3 Å². The lowest BCUT2D eigenvalue weighted by molar-refractivity contribution is -0.145. The van der Waals surface area contributed by atoms with Crippen molar-refractivity contribution in [1.82, 2.24) is 4.98 Å². The Morgan fingerprint density at radius 1 is 1.38 bits per heavy atom. The quantitative estimate of drug-likeness (QED) is 0.858. The number of ether oxygens (including phenoxy) is 1. The van der Waals surface area contributed by atoms with Crippen LogP contribution in [0.25, 0.3) is 0 Å². The number of halogens is 1. The molecule has 0 saturated heterocycles. The molecular weight excluding hydrogens is 313 g/mol. The summed E-state index contributed by atoms with van der Waals surface area (Å²) in [4.78, 5) is 30.7. The molecule has 6 nitrogen and oxygen atoms in total. The number of nitrogens with zero attached hydrogens (tertiary/aromatic N) is 2. The Morgan fingerprint density at radius 3 is 2.83 bits per heavy atom. The number of hydrogen-bond acceptors (Lipinski definition) is 4. The molecule has 2 amide bonds. The number of hydrogen-bond donors (Lipinski definition) is 1. The SMILES string of the molecule is Cc1cc(F)ccc1NC(=O)C1(C)Oc2cccnc2N(C)C1=O. The first-order valence-corrected chi connectivity index (χ1v) is 7.33. The van der Waals surface area contributed by atoms with Crippen LogP contribution in [0.15, 0.2) is 36.5 Å². The fourth-order valence-electron chi connectivity index (χ4n) is 2.55. The number of carbonyl (C=O) groups is 2. The molecule has 0 fully saturated rings. The average molecular weight is 329 g/mol. The van der Waals surface area contributed by atoms with Gasteiger partial charge in [0.2, 0.25) is 0 Å². The van der Waals surface area contributed by atoms with Crippen molar-refractivity contribution in [2.24, 2.45) is 0 Å². The van der Waals surface area contributed by atoms with Gasteiger partial charge in [-0.15, -0.1) is 0 Å². The number of amides is 2. The van der Waals surface area contributed by atoms with Gasteiger partial charge in [-0.25, -0.2) is 9.37 Å². The van der Waals surface area contributed by atoms with E-state index in [0.717, 1.165) is 0 Å². The molecular formula is C17H16FN3O3. The van der Waals surface area contributed by atoms with Gasteiger partial charge in [-0.2, -0.15) is 0 Å². The molecule has 0 radical (unpaired) electrons. The van der Waals surface area contributed by atoms with E-state index in [1.54, 1.807) is 19.1 Å². The zero-order valence-electron chi connectivity index (χ0n) is 13.5. The third-order valence-electron chi connectivity index (χ3n) is 3.97. The lowest BCUT2D eigenvalue weighted by Gasteiger charge is -2.37. The van der Waals surface area contributed by atoms with Crippen molar-refractivity contribution in [1.29, 1.82) is 0 Å². The summed E-state index contributed by atoms with van der Waals surface area (Å²) in [7, 11) is 1.53. The van der Waals surface area contributed by atoms with E-state index in [0.29, 0.717) is 22.8 Å². The van der Waals surface area contributed by atoms with Gasteiger partial charge in [0.05, 0.1) is 0 Å². The van der Waals surface area contributed by atoms with Crippen molar-refractivity contribution in [3.63, 3.8) is 0 Å². The van der Waals surface area contributed by atoms with Crippen molar-refractivity contribution in [2.45, 2.75) is 19.4 Å². The normalized spacial score (nSPS) is 19.5. The van der Waals surface area contributed by atoms with E-state index in [1.807, 2.05) is 0 Å². The van der Waals surface area contributed by atoms with Gasteiger partial charge in [0.1, 0.15) is 5.82 Å². The monoisotopic (exact) mass is 329 g/mol. The largest absolute Gasteiger partial charge is 0.464 e. The van der Waals surface area contributed by atoms with Crippen LogP contribution in [0.3, 0.4) is 0 Å². The van der Waals surface area contributed by atoms with Crippen molar-refractivity contribution < 1.29 is 18.7 Å². The molecule has 0 saturated carbocycles. The topological polar surface area (TPSA) is 71.5 Å². The highest BCUT2D eigenvalue weighted by atomic mass is 19.1. The molecule has 2 aromatic rings. The molecule has 0 aliphatic carbocycles. The molecule has 1 N–H and O–H groups in total. The molecule has 1 aromatic carbocycles. The van der Waals surface area contributed by atoms with Gasteiger partial charge < -0.3 is 10.1 Å². The predicted octanol–water partition coefficient (Wildman–Crippen LogP) is 2.28. The minimum Gasteiger partial charge on any atom is -0.464 e. The molecule has 7 heteroatoms. The Hall–Kier alpha value is -2.96. The molecule has 1 aliphatic rings. The minimum atomic E-state index is -1.74. The second kappa shape index (κ2) is 5.59. The molecule has 1 aromatic heterocycles. The van der Waals surface area contributed by atoms with Crippen LogP contribution < -0.4 is 15.0 Å². The third kappa shape index (κ3) is 2.47. The maximum atomic E-state index is 13.2. The third-order valence-corrected chi connectivity index (χ3v) is 3.97. The van der Waals surface area contributed by atoms with E-state index in [4.69, 9.17) is 4.74 Å². The van der Waals surface area contributed by atoms with Crippen LogP contribution >= 0.6 is 0 Å². The molecule has 0 bridgehead atoms. The number of pyridine rings is 1. The number of carbonyl (C=O) groups excluding carboxylic acids is 2. The molecule has 1 atom stereocenters.